The van der Waals surface area contributed by atoms with Crippen LogP contribution in [0.15, 0.2) is 168 Å². The summed E-state index contributed by atoms with van der Waals surface area (Å²) in [6.07, 6.45) is 0. The summed E-state index contributed by atoms with van der Waals surface area (Å²) < 4.78 is 8.88. The summed E-state index contributed by atoms with van der Waals surface area (Å²) in [6.45, 7) is 0. The Hall–Kier alpha value is -6.43. The van der Waals surface area contributed by atoms with E-state index in [0.29, 0.717) is 17.5 Å². The third-order valence-electron chi connectivity index (χ3n) is 9.37. The normalized spacial score (nSPS) is 11.6. The highest BCUT2D eigenvalue weighted by atomic mass is 32.1. The predicted octanol–water partition coefficient (Wildman–Crippen LogP) is 12.5. The second kappa shape index (κ2) is 11.6. The molecule has 3 aromatic heterocycles. The lowest BCUT2D eigenvalue weighted by molar-refractivity contribution is 0.669. The van der Waals surface area contributed by atoms with Gasteiger partial charge in [0.2, 0.25) is 0 Å². The van der Waals surface area contributed by atoms with Gasteiger partial charge in [-0.1, -0.05) is 121 Å². The van der Waals surface area contributed by atoms with Crippen molar-refractivity contribution in [2.24, 2.45) is 0 Å². The highest BCUT2D eigenvalue weighted by Crippen LogP contribution is 2.40. The highest BCUT2D eigenvalue weighted by Gasteiger charge is 2.18. The fourth-order valence-corrected chi connectivity index (χ4v) is 7.91. The topological polar surface area (TPSA) is 51.8 Å². The Morgan fingerprint density at radius 1 is 0.360 bits per heavy atom. The van der Waals surface area contributed by atoms with E-state index in [4.69, 9.17) is 19.4 Å². The van der Waals surface area contributed by atoms with E-state index in [9.17, 15) is 0 Å². The van der Waals surface area contributed by atoms with Crippen LogP contribution in [0.4, 0.5) is 0 Å². The Morgan fingerprint density at radius 3 is 1.62 bits per heavy atom. The quantitative estimate of drug-likeness (QED) is 0.185. The molecule has 3 heterocycles. The van der Waals surface area contributed by atoms with Gasteiger partial charge >= 0.3 is 0 Å². The minimum atomic E-state index is 0.579. The fraction of sp³-hybridized carbons (Fsp3) is 0. The smallest absolute Gasteiger partial charge is 0.167 e. The molecular weight excluding hydrogens is 631 g/mol. The molecule has 0 radical (unpaired) electrons. The van der Waals surface area contributed by atoms with Crippen LogP contribution in [0, 0.1) is 0 Å². The Labute approximate surface area is 292 Å². The summed E-state index contributed by atoms with van der Waals surface area (Å²) in [4.78, 5) is 15.2. The Kier molecular flexibility index (Phi) is 6.64. The summed E-state index contributed by atoms with van der Waals surface area (Å²) in [5.74, 6) is 1.82. The van der Waals surface area contributed by atoms with E-state index in [2.05, 4.69) is 97.1 Å². The maximum Gasteiger partial charge on any atom is 0.167 e. The van der Waals surface area contributed by atoms with Gasteiger partial charge in [0, 0.05) is 42.1 Å². The third kappa shape index (κ3) is 4.87. The molecule has 0 aliphatic rings. The lowest BCUT2D eigenvalue weighted by atomic mass is 9.99. The van der Waals surface area contributed by atoms with Crippen molar-refractivity contribution < 1.29 is 4.42 Å². The molecule has 7 aromatic carbocycles. The van der Waals surface area contributed by atoms with Gasteiger partial charge in [-0.15, -0.1) is 11.3 Å². The first-order valence-corrected chi connectivity index (χ1v) is 17.4. The van der Waals surface area contributed by atoms with Gasteiger partial charge in [-0.25, -0.2) is 15.0 Å². The number of aromatic nitrogens is 3. The van der Waals surface area contributed by atoms with Gasteiger partial charge in [-0.3, -0.25) is 0 Å². The number of thiophene rings is 1. The largest absolute Gasteiger partial charge is 0.455 e. The van der Waals surface area contributed by atoms with Gasteiger partial charge < -0.3 is 4.42 Å². The molecule has 0 saturated carbocycles. The van der Waals surface area contributed by atoms with Gasteiger partial charge in [-0.2, -0.15) is 0 Å². The van der Waals surface area contributed by atoms with Crippen LogP contribution in [0.25, 0.3) is 98.5 Å². The number of furan rings is 1. The van der Waals surface area contributed by atoms with E-state index in [1.165, 1.54) is 42.4 Å². The molecular formula is C45H27N3OS. The van der Waals surface area contributed by atoms with Crippen LogP contribution in [0.1, 0.15) is 0 Å². The van der Waals surface area contributed by atoms with Gasteiger partial charge in [-0.05, 0) is 64.7 Å². The maximum absolute atomic E-state index is 6.40. The Morgan fingerprint density at radius 2 is 0.880 bits per heavy atom. The average molecular weight is 658 g/mol. The minimum Gasteiger partial charge on any atom is -0.455 e. The molecule has 50 heavy (non-hydrogen) atoms. The molecule has 0 aliphatic carbocycles. The molecule has 5 heteroatoms. The number of benzene rings is 7. The highest BCUT2D eigenvalue weighted by molar-refractivity contribution is 7.25. The van der Waals surface area contributed by atoms with Crippen molar-refractivity contribution in [2.45, 2.75) is 0 Å². The van der Waals surface area contributed by atoms with E-state index in [0.717, 1.165) is 38.6 Å². The standard InChI is InChI=1S/C45H27N3OS/c1-3-10-28(11-4-1)29-18-20-30(21-19-29)32-22-24-40-37(26-32)38-27-33(23-25-41(38)50-40)44-46-43(31-12-5-2-6-13-31)47-45(48-44)36-16-9-15-35-34-14-7-8-17-39(34)49-42(35)36/h1-27H. The number of rotatable bonds is 5. The molecule has 234 valence electrons. The third-order valence-corrected chi connectivity index (χ3v) is 10.5. The second-order valence-electron chi connectivity index (χ2n) is 12.4. The van der Waals surface area contributed by atoms with Crippen molar-refractivity contribution in [1.29, 1.82) is 0 Å². The van der Waals surface area contributed by atoms with Crippen LogP contribution < -0.4 is 0 Å². The minimum absolute atomic E-state index is 0.579. The summed E-state index contributed by atoms with van der Waals surface area (Å²) >= 11 is 1.81. The van der Waals surface area contributed by atoms with Crippen LogP contribution in [-0.4, -0.2) is 15.0 Å². The summed E-state index contributed by atoms with van der Waals surface area (Å²) in [6, 6.07) is 57.0. The molecule has 0 atom stereocenters. The van der Waals surface area contributed by atoms with E-state index >= 15 is 0 Å². The zero-order valence-electron chi connectivity index (χ0n) is 26.7. The molecule has 10 aromatic rings. The zero-order valence-corrected chi connectivity index (χ0v) is 27.6. The van der Waals surface area contributed by atoms with Gasteiger partial charge in [0.15, 0.2) is 17.5 Å². The van der Waals surface area contributed by atoms with Crippen LogP contribution in [-0.2, 0) is 0 Å². The number of hydrogen-bond acceptors (Lipinski definition) is 5. The van der Waals surface area contributed by atoms with Crippen molar-refractivity contribution in [2.75, 3.05) is 0 Å². The molecule has 0 N–H and O–H groups in total. The first kappa shape index (κ1) is 28.6. The van der Waals surface area contributed by atoms with E-state index < -0.39 is 0 Å². The predicted molar refractivity (Wildman–Crippen MR) is 207 cm³/mol. The Balaban J connectivity index is 1.11. The number of hydrogen-bond donors (Lipinski definition) is 0. The number of nitrogens with zero attached hydrogens (tertiary/aromatic N) is 3. The summed E-state index contributed by atoms with van der Waals surface area (Å²) in [5, 5.41) is 4.52. The van der Waals surface area contributed by atoms with Gasteiger partial charge in [0.25, 0.3) is 0 Å². The molecule has 0 saturated heterocycles. The molecule has 4 nitrogen and oxygen atoms in total. The van der Waals surface area contributed by atoms with Crippen molar-refractivity contribution in [1.82, 2.24) is 15.0 Å². The first-order chi connectivity index (χ1) is 24.7. The lowest BCUT2D eigenvalue weighted by Crippen LogP contribution is -2.00. The van der Waals surface area contributed by atoms with Gasteiger partial charge in [0.1, 0.15) is 11.2 Å². The van der Waals surface area contributed by atoms with Crippen molar-refractivity contribution >= 4 is 53.4 Å². The average Bonchev–Trinajstić information content (AvgIpc) is 3.76. The number of para-hydroxylation sites is 2. The van der Waals surface area contributed by atoms with Crippen molar-refractivity contribution in [3.8, 4) is 56.4 Å². The molecule has 10 rings (SSSR count). The van der Waals surface area contributed by atoms with Crippen LogP contribution in [0.2, 0.25) is 0 Å². The maximum atomic E-state index is 6.40. The van der Waals surface area contributed by atoms with E-state index in [-0.39, 0.29) is 0 Å². The van der Waals surface area contributed by atoms with E-state index in [1.54, 1.807) is 0 Å². The van der Waals surface area contributed by atoms with Gasteiger partial charge in [0.05, 0.1) is 5.56 Å². The summed E-state index contributed by atoms with van der Waals surface area (Å²) in [5.41, 5.74) is 9.13. The monoisotopic (exact) mass is 657 g/mol. The first-order valence-electron chi connectivity index (χ1n) is 16.6. The molecule has 0 spiro atoms. The lowest BCUT2D eigenvalue weighted by Gasteiger charge is -2.09. The summed E-state index contributed by atoms with van der Waals surface area (Å²) in [7, 11) is 0. The fourth-order valence-electron chi connectivity index (χ4n) is 6.85. The van der Waals surface area contributed by atoms with Crippen LogP contribution in [0.3, 0.4) is 0 Å². The molecule has 0 bridgehead atoms. The SMILES string of the molecule is c1ccc(-c2ccc(-c3ccc4sc5ccc(-c6nc(-c7ccccc7)nc(-c7cccc8c7oc7ccccc78)n6)cc5c4c3)cc2)cc1. The second-order valence-corrected chi connectivity index (χ2v) is 13.5. The van der Waals surface area contributed by atoms with Crippen molar-refractivity contribution in [3.63, 3.8) is 0 Å². The zero-order chi connectivity index (χ0) is 33.0. The molecule has 0 fully saturated rings. The van der Waals surface area contributed by atoms with E-state index in [1.807, 2.05) is 78.1 Å². The Bertz CT molecular complexity index is 2860. The molecule has 0 amide bonds. The number of fused-ring (bicyclic) bond motifs is 6. The van der Waals surface area contributed by atoms with Crippen LogP contribution >= 0.6 is 11.3 Å². The van der Waals surface area contributed by atoms with Crippen molar-refractivity contribution in [3.05, 3.63) is 164 Å². The molecule has 0 unspecified atom stereocenters. The van der Waals surface area contributed by atoms with Crippen LogP contribution in [0.5, 0.6) is 0 Å². The molecule has 0 aliphatic heterocycles.